The van der Waals surface area contributed by atoms with Crippen molar-refractivity contribution in [2.24, 2.45) is 0 Å². The van der Waals surface area contributed by atoms with E-state index in [0.717, 1.165) is 35.3 Å². The Morgan fingerprint density at radius 2 is 1.92 bits per heavy atom. The minimum atomic E-state index is -0.173. The minimum Gasteiger partial charge on any atom is -0.507 e. The molecule has 1 spiro atoms. The summed E-state index contributed by atoms with van der Waals surface area (Å²) in [4.78, 5) is 12.5. The Balaban J connectivity index is 1.56. The van der Waals surface area contributed by atoms with Crippen LogP contribution in [0.4, 0.5) is 0 Å². The molecule has 2 heterocycles. The molecule has 0 bridgehead atoms. The third-order valence-electron chi connectivity index (χ3n) is 5.15. The number of ether oxygens (including phenoxy) is 1. The topological polar surface area (TPSA) is 58.6 Å². The van der Waals surface area contributed by atoms with Crippen LogP contribution in [0.15, 0.2) is 36.4 Å². The van der Waals surface area contributed by atoms with Gasteiger partial charge in [-0.05, 0) is 65.9 Å². The number of rotatable bonds is 3. The molecule has 2 aromatic carbocycles. The summed E-state index contributed by atoms with van der Waals surface area (Å²) in [5.41, 5.74) is 5.34. The highest BCUT2D eigenvalue weighted by atomic mass is 16.5. The molecule has 2 aliphatic rings. The normalized spacial score (nSPS) is 17.7. The number of carbonyl (C=O) groups excluding carboxylic acids is 1. The van der Waals surface area contributed by atoms with Gasteiger partial charge in [0.2, 0.25) is 0 Å². The first-order chi connectivity index (χ1) is 12.0. The van der Waals surface area contributed by atoms with E-state index < -0.39 is 0 Å². The zero-order valence-electron chi connectivity index (χ0n) is 14.4. The van der Waals surface area contributed by atoms with Crippen molar-refractivity contribution >= 4 is 11.9 Å². The van der Waals surface area contributed by atoms with Gasteiger partial charge in [0.25, 0.3) is 0 Å². The Labute approximate surface area is 147 Å². The summed E-state index contributed by atoms with van der Waals surface area (Å²) in [6.07, 6.45) is 3.38. The number of benzene rings is 2. The predicted octanol–water partition coefficient (Wildman–Crippen LogP) is 3.23. The van der Waals surface area contributed by atoms with Gasteiger partial charge in [0.1, 0.15) is 11.4 Å². The summed E-state index contributed by atoms with van der Waals surface area (Å²) in [7, 11) is 0. The SMILES string of the molecule is Cc1cc(C=CC(=O)c2ccc3c(c2)COC32CNC2)cc(C)c1O. The molecule has 25 heavy (non-hydrogen) atoms. The molecule has 0 atom stereocenters. The van der Waals surface area contributed by atoms with E-state index in [1.165, 1.54) is 5.56 Å². The van der Waals surface area contributed by atoms with Crippen molar-refractivity contribution in [3.05, 3.63) is 69.8 Å². The van der Waals surface area contributed by atoms with Gasteiger partial charge in [-0.25, -0.2) is 0 Å². The van der Waals surface area contributed by atoms with Crippen molar-refractivity contribution in [2.75, 3.05) is 13.1 Å². The van der Waals surface area contributed by atoms with E-state index in [4.69, 9.17) is 4.74 Å². The van der Waals surface area contributed by atoms with Crippen LogP contribution in [0.2, 0.25) is 0 Å². The number of fused-ring (bicyclic) bond motifs is 2. The second-order valence-corrected chi connectivity index (χ2v) is 6.96. The van der Waals surface area contributed by atoms with Gasteiger partial charge in [-0.15, -0.1) is 0 Å². The van der Waals surface area contributed by atoms with Crippen LogP contribution >= 0.6 is 0 Å². The number of aromatic hydroxyl groups is 1. The second-order valence-electron chi connectivity index (χ2n) is 6.96. The molecular weight excluding hydrogens is 314 g/mol. The van der Waals surface area contributed by atoms with Gasteiger partial charge in [-0.2, -0.15) is 0 Å². The number of hydrogen-bond acceptors (Lipinski definition) is 4. The molecule has 0 aromatic heterocycles. The first-order valence-electron chi connectivity index (χ1n) is 8.49. The number of aryl methyl sites for hydroxylation is 2. The van der Waals surface area contributed by atoms with Gasteiger partial charge in [-0.1, -0.05) is 18.2 Å². The Morgan fingerprint density at radius 3 is 2.56 bits per heavy atom. The largest absolute Gasteiger partial charge is 0.507 e. The zero-order chi connectivity index (χ0) is 17.6. The van der Waals surface area contributed by atoms with Crippen molar-refractivity contribution in [3.63, 3.8) is 0 Å². The highest BCUT2D eigenvalue weighted by Gasteiger charge is 2.45. The summed E-state index contributed by atoms with van der Waals surface area (Å²) in [6.45, 7) is 5.96. The summed E-state index contributed by atoms with van der Waals surface area (Å²) in [6, 6.07) is 9.60. The summed E-state index contributed by atoms with van der Waals surface area (Å²) < 4.78 is 5.93. The highest BCUT2D eigenvalue weighted by Crippen LogP contribution is 2.39. The number of phenolic OH excluding ortho intramolecular Hbond substituents is 1. The number of ketones is 1. The molecule has 0 saturated carbocycles. The van der Waals surface area contributed by atoms with Crippen LogP contribution < -0.4 is 5.32 Å². The molecular formula is C21H21NO3. The van der Waals surface area contributed by atoms with Crippen LogP contribution in [-0.4, -0.2) is 24.0 Å². The average Bonchev–Trinajstić information content (AvgIpc) is 2.96. The predicted molar refractivity (Wildman–Crippen MR) is 96.7 cm³/mol. The van der Waals surface area contributed by atoms with E-state index in [9.17, 15) is 9.90 Å². The molecule has 128 valence electrons. The summed E-state index contributed by atoms with van der Waals surface area (Å²) in [5.74, 6) is 0.278. The Morgan fingerprint density at radius 1 is 1.20 bits per heavy atom. The maximum absolute atomic E-state index is 12.5. The van der Waals surface area contributed by atoms with Crippen molar-refractivity contribution in [3.8, 4) is 5.75 Å². The first-order valence-corrected chi connectivity index (χ1v) is 8.49. The van der Waals surface area contributed by atoms with Crippen molar-refractivity contribution in [1.29, 1.82) is 0 Å². The molecule has 0 amide bonds. The molecule has 0 radical (unpaired) electrons. The Bertz CT molecular complexity index is 871. The van der Waals surface area contributed by atoms with Gasteiger partial charge >= 0.3 is 0 Å². The standard InChI is InChI=1S/C21H21NO3/c1-13-7-15(8-14(2)20(13)24)3-6-19(23)16-4-5-18-17(9-16)10-25-21(18)11-22-12-21/h3-9,22,24H,10-12H2,1-2H3. The van der Waals surface area contributed by atoms with E-state index in [-0.39, 0.29) is 11.4 Å². The zero-order valence-corrected chi connectivity index (χ0v) is 14.4. The molecule has 0 aliphatic carbocycles. The quantitative estimate of drug-likeness (QED) is 0.668. The molecule has 2 aliphatic heterocycles. The fraction of sp³-hybridized carbons (Fsp3) is 0.286. The van der Waals surface area contributed by atoms with E-state index in [0.29, 0.717) is 17.9 Å². The van der Waals surface area contributed by atoms with Crippen LogP contribution in [-0.2, 0) is 16.9 Å². The lowest BCUT2D eigenvalue weighted by Gasteiger charge is -2.39. The van der Waals surface area contributed by atoms with Crippen molar-refractivity contribution in [1.82, 2.24) is 5.32 Å². The number of hydrogen-bond donors (Lipinski definition) is 2. The number of phenols is 1. The van der Waals surface area contributed by atoms with Crippen LogP contribution in [0.25, 0.3) is 6.08 Å². The molecule has 4 nitrogen and oxygen atoms in total. The highest BCUT2D eigenvalue weighted by molar-refractivity contribution is 6.07. The van der Waals surface area contributed by atoms with Crippen molar-refractivity contribution in [2.45, 2.75) is 26.1 Å². The van der Waals surface area contributed by atoms with E-state index in [2.05, 4.69) is 5.32 Å². The van der Waals surface area contributed by atoms with Gasteiger partial charge in [0.05, 0.1) is 6.61 Å². The second kappa shape index (κ2) is 5.83. The number of nitrogens with one attached hydrogen (secondary N) is 1. The molecule has 4 heteroatoms. The molecule has 2 N–H and O–H groups in total. The third-order valence-corrected chi connectivity index (χ3v) is 5.15. The van der Waals surface area contributed by atoms with Crippen LogP contribution in [0.3, 0.4) is 0 Å². The third kappa shape index (κ3) is 2.68. The van der Waals surface area contributed by atoms with E-state index in [1.807, 2.05) is 44.2 Å². The minimum absolute atomic E-state index is 0.0288. The lowest BCUT2D eigenvalue weighted by molar-refractivity contribution is -0.0746. The lowest BCUT2D eigenvalue weighted by atomic mass is 9.86. The fourth-order valence-corrected chi connectivity index (χ4v) is 3.60. The smallest absolute Gasteiger partial charge is 0.185 e. The van der Waals surface area contributed by atoms with Gasteiger partial charge in [-0.3, -0.25) is 4.79 Å². The molecule has 1 saturated heterocycles. The molecule has 1 fully saturated rings. The number of allylic oxidation sites excluding steroid dienone is 1. The summed E-state index contributed by atoms with van der Waals surface area (Å²) >= 11 is 0. The van der Waals surface area contributed by atoms with Gasteiger partial charge in [0.15, 0.2) is 5.78 Å². The lowest BCUT2D eigenvalue weighted by Crippen LogP contribution is -2.56. The molecule has 4 rings (SSSR count). The fourth-order valence-electron chi connectivity index (χ4n) is 3.60. The Hall–Kier alpha value is -2.43. The van der Waals surface area contributed by atoms with E-state index in [1.54, 1.807) is 12.2 Å². The van der Waals surface area contributed by atoms with Crippen molar-refractivity contribution < 1.29 is 14.6 Å². The van der Waals surface area contributed by atoms with Gasteiger partial charge in [0, 0.05) is 18.7 Å². The van der Waals surface area contributed by atoms with Crippen LogP contribution in [0.1, 0.15) is 38.2 Å². The molecule has 0 unspecified atom stereocenters. The maximum Gasteiger partial charge on any atom is 0.185 e. The average molecular weight is 335 g/mol. The Kier molecular flexibility index (Phi) is 3.74. The van der Waals surface area contributed by atoms with Gasteiger partial charge < -0.3 is 15.2 Å². The van der Waals surface area contributed by atoms with Crippen LogP contribution in [0, 0.1) is 13.8 Å². The van der Waals surface area contributed by atoms with Crippen LogP contribution in [0.5, 0.6) is 5.75 Å². The molecule has 2 aromatic rings. The number of carbonyl (C=O) groups is 1. The first kappa shape index (κ1) is 16.1. The summed E-state index contributed by atoms with van der Waals surface area (Å²) in [5, 5.41) is 13.1. The maximum atomic E-state index is 12.5. The monoisotopic (exact) mass is 335 g/mol. The van der Waals surface area contributed by atoms with E-state index >= 15 is 0 Å².